The zero-order valence-electron chi connectivity index (χ0n) is 33.9. The summed E-state index contributed by atoms with van der Waals surface area (Å²) in [6.07, 6.45) is 15.2. The first-order chi connectivity index (χ1) is 29.0. The van der Waals surface area contributed by atoms with Gasteiger partial charge in [-0.1, -0.05) is 124 Å². The van der Waals surface area contributed by atoms with Crippen LogP contribution in [0.2, 0.25) is 0 Å². The summed E-state index contributed by atoms with van der Waals surface area (Å²) in [5.41, 5.74) is 6.34. The highest BCUT2D eigenvalue weighted by molar-refractivity contribution is 6.68. The van der Waals surface area contributed by atoms with Gasteiger partial charge in [0.25, 0.3) is 0 Å². The number of benzene rings is 3. The van der Waals surface area contributed by atoms with Gasteiger partial charge in [0.05, 0.1) is 0 Å². The fraction of sp³-hybridized carbons (Fsp3) is 0.396. The second-order valence-electron chi connectivity index (χ2n) is 18.0. The Hall–Kier alpha value is -5.23. The molecule has 4 aromatic rings. The maximum atomic E-state index is 7.95. The van der Waals surface area contributed by atoms with Gasteiger partial charge in [-0.15, -0.1) is 0 Å². The van der Waals surface area contributed by atoms with Crippen LogP contribution in [0, 0.1) is 23.7 Å². The van der Waals surface area contributed by atoms with E-state index in [4.69, 9.17) is 33.8 Å². The zero-order valence-corrected chi connectivity index (χ0v) is 34.9. The van der Waals surface area contributed by atoms with Crippen LogP contribution in [0.25, 0.3) is 10.8 Å². The molecule has 11 heteroatoms. The first-order valence-corrected chi connectivity index (χ1v) is 23.7. The van der Waals surface area contributed by atoms with Crippen molar-refractivity contribution in [2.24, 2.45) is 48.6 Å². The molecule has 3 aromatic carbocycles. The van der Waals surface area contributed by atoms with Gasteiger partial charge in [-0.05, 0) is 62.2 Å². The van der Waals surface area contributed by atoms with Crippen LogP contribution >= 0.6 is 0 Å². The number of fused-ring (bicyclic) bond motifs is 13. The van der Waals surface area contributed by atoms with Crippen LogP contribution in [-0.2, 0) is 8.85 Å². The Bertz CT molecular complexity index is 2610. The molecule has 59 heavy (non-hydrogen) atoms. The standard InChI is InChI=1S/C48H50N8O2Si/c1-29-19-23-31(24-20-29)27-57-59(58-28-32-25-21-30(2)22-26-32)55-45-37-15-7-8-16-38(37)47(55)53-43-35-13-5-6-14-36(35)44(50-43)54-48-40-18-10-9-17-39(40)46(56(48)59)52-42-34-12-4-3-11-33(34)41(49-42)51-45/h3-5,7-13,15-18,29-32,45H,6,14,19-28H2,1-2H3,(H,49,51,52)/b53-47-,54-44-. The summed E-state index contributed by atoms with van der Waals surface area (Å²) in [6.45, 7) is 5.93. The van der Waals surface area contributed by atoms with Crippen molar-refractivity contribution in [3.8, 4) is 0 Å². The lowest BCUT2D eigenvalue weighted by molar-refractivity contribution is 0.0630. The van der Waals surface area contributed by atoms with Crippen molar-refractivity contribution >= 4 is 60.5 Å². The topological polar surface area (TPSA) is 100 Å². The number of rotatable bonds is 6. The summed E-state index contributed by atoms with van der Waals surface area (Å²) in [5.74, 6) is 7.48. The number of hydrogen-bond acceptors (Lipinski definition) is 9. The predicted octanol–water partition coefficient (Wildman–Crippen LogP) is 9.92. The third kappa shape index (κ3) is 5.68. The van der Waals surface area contributed by atoms with Gasteiger partial charge in [-0.25, -0.2) is 25.0 Å². The van der Waals surface area contributed by atoms with Crippen molar-refractivity contribution in [2.75, 3.05) is 13.2 Å². The van der Waals surface area contributed by atoms with E-state index in [0.29, 0.717) is 42.6 Å². The Balaban J connectivity index is 1.19. The molecule has 5 aliphatic heterocycles. The lowest BCUT2D eigenvalue weighted by atomic mass is 9.83. The third-order valence-corrected chi connectivity index (χ3v) is 17.3. The van der Waals surface area contributed by atoms with E-state index in [9.17, 15) is 0 Å². The fourth-order valence-electron chi connectivity index (χ4n) is 10.7. The average Bonchev–Trinajstić information content (AvgIpc) is 3.99. The van der Waals surface area contributed by atoms with Crippen LogP contribution in [0.3, 0.4) is 0 Å². The van der Waals surface area contributed by atoms with E-state index in [2.05, 4.69) is 113 Å². The van der Waals surface area contributed by atoms with Crippen molar-refractivity contribution in [3.05, 3.63) is 118 Å². The second kappa shape index (κ2) is 13.9. The first-order valence-electron chi connectivity index (χ1n) is 22.0. The molecule has 8 aliphatic rings. The number of amidine groups is 5. The highest BCUT2D eigenvalue weighted by Crippen LogP contribution is 2.49. The minimum Gasteiger partial charge on any atom is -0.361 e. The Morgan fingerprint density at radius 2 is 1.25 bits per heavy atom. The molecule has 2 fully saturated rings. The Kier molecular flexibility index (Phi) is 8.42. The Morgan fingerprint density at radius 1 is 0.644 bits per heavy atom. The van der Waals surface area contributed by atoms with Crippen LogP contribution in [0.1, 0.15) is 106 Å². The lowest BCUT2D eigenvalue weighted by Crippen LogP contribution is -2.67. The van der Waals surface area contributed by atoms with Crippen LogP contribution in [0.5, 0.6) is 0 Å². The molecule has 3 aliphatic carbocycles. The molecule has 1 N–H and O–H groups in total. The molecular formula is C48H50N8O2Si. The maximum absolute atomic E-state index is 7.95. The van der Waals surface area contributed by atoms with Crippen LogP contribution < -0.4 is 5.32 Å². The molecule has 0 radical (unpaired) electrons. The van der Waals surface area contributed by atoms with Crippen LogP contribution in [-0.4, -0.2) is 60.1 Å². The summed E-state index contributed by atoms with van der Waals surface area (Å²) in [6, 6.07) is 25.7. The van der Waals surface area contributed by atoms with Gasteiger partial charge in [0.2, 0.25) is 0 Å². The molecule has 0 amide bonds. The fourth-order valence-corrected chi connectivity index (χ4v) is 14.3. The molecule has 0 saturated heterocycles. The molecule has 1 atom stereocenters. The van der Waals surface area contributed by atoms with Gasteiger partial charge in [-0.2, -0.15) is 0 Å². The highest BCUT2D eigenvalue weighted by atomic mass is 28.4. The number of nitrogens with zero attached hydrogens (tertiary/aromatic N) is 7. The van der Waals surface area contributed by atoms with Crippen LogP contribution in [0.4, 0.5) is 11.6 Å². The summed E-state index contributed by atoms with van der Waals surface area (Å²) < 4.78 is 20.6. The quantitative estimate of drug-likeness (QED) is 0.196. The number of hydrogen-bond donors (Lipinski definition) is 1. The first kappa shape index (κ1) is 35.7. The van der Waals surface area contributed by atoms with Gasteiger partial charge < -0.3 is 14.2 Å². The minimum absolute atomic E-state index is 0.411. The SMILES string of the molecule is CC1CCC(CO[Si]2(OCC3CCC(C)CC3)N3/C4=N\C5=NC(=N\c6c7ccccc7c(n62)/N=C2\N=C(NC3c3ccccc34)c3ccccc32)/C2=C5C=CCC2)CC1. The lowest BCUT2D eigenvalue weighted by Gasteiger charge is -2.44. The molecule has 6 bridgehead atoms. The van der Waals surface area contributed by atoms with Crippen LogP contribution in [0.15, 0.2) is 121 Å². The summed E-state index contributed by atoms with van der Waals surface area (Å²) >= 11 is 0. The van der Waals surface area contributed by atoms with Gasteiger partial charge in [0.1, 0.15) is 29.5 Å². The molecule has 12 rings (SSSR count). The van der Waals surface area contributed by atoms with Crippen molar-refractivity contribution in [2.45, 2.75) is 84.2 Å². The number of allylic oxidation sites excluding steroid dienone is 1. The van der Waals surface area contributed by atoms with Crippen molar-refractivity contribution in [1.29, 1.82) is 0 Å². The molecule has 1 aromatic heterocycles. The van der Waals surface area contributed by atoms with E-state index in [1.165, 1.54) is 25.7 Å². The number of aromatic nitrogens is 1. The smallest absolute Gasteiger partial charge is 0.361 e. The Labute approximate surface area is 346 Å². The predicted molar refractivity (Wildman–Crippen MR) is 237 cm³/mol. The van der Waals surface area contributed by atoms with Gasteiger partial charge in [0.15, 0.2) is 17.5 Å². The number of nitrogens with one attached hydrogen (secondary N) is 1. The minimum atomic E-state index is -4.00. The highest BCUT2D eigenvalue weighted by Gasteiger charge is 2.61. The van der Waals surface area contributed by atoms with E-state index in [1.54, 1.807) is 0 Å². The van der Waals surface area contributed by atoms with E-state index < -0.39 is 15.0 Å². The van der Waals surface area contributed by atoms with Gasteiger partial charge in [-0.3, -0.25) is 8.80 Å². The van der Waals surface area contributed by atoms with E-state index in [1.807, 2.05) is 0 Å². The average molecular weight is 799 g/mol. The normalized spacial score (nSPS) is 31.5. The van der Waals surface area contributed by atoms with Gasteiger partial charge in [0, 0.05) is 57.4 Å². The second-order valence-corrected chi connectivity index (χ2v) is 20.6. The largest absolute Gasteiger partial charge is 0.599 e. The molecule has 0 spiro atoms. The van der Waals surface area contributed by atoms with Crippen molar-refractivity contribution in [3.63, 3.8) is 0 Å². The van der Waals surface area contributed by atoms with Crippen molar-refractivity contribution < 1.29 is 8.85 Å². The molecule has 6 heterocycles. The van der Waals surface area contributed by atoms with E-state index in [-0.39, 0.29) is 0 Å². The zero-order chi connectivity index (χ0) is 39.2. The van der Waals surface area contributed by atoms with E-state index in [0.717, 1.165) is 118 Å². The summed E-state index contributed by atoms with van der Waals surface area (Å²) in [5, 5.41) is 6.00. The molecular weight excluding hydrogens is 749 g/mol. The molecule has 2 saturated carbocycles. The summed E-state index contributed by atoms with van der Waals surface area (Å²) in [4.78, 5) is 27.6. The third-order valence-electron chi connectivity index (χ3n) is 14.1. The summed E-state index contributed by atoms with van der Waals surface area (Å²) in [7, 11) is -4.00. The maximum Gasteiger partial charge on any atom is 0.599 e. The molecule has 10 nitrogen and oxygen atoms in total. The monoisotopic (exact) mass is 798 g/mol. The Morgan fingerprint density at radius 3 is 1.95 bits per heavy atom. The molecule has 298 valence electrons. The van der Waals surface area contributed by atoms with Gasteiger partial charge >= 0.3 is 8.88 Å². The van der Waals surface area contributed by atoms with Crippen molar-refractivity contribution in [1.82, 2.24) is 14.1 Å². The number of aliphatic imine (C=N–C) groups is 5. The van der Waals surface area contributed by atoms with E-state index >= 15 is 0 Å². The molecule has 1 unspecified atom stereocenters.